The predicted octanol–water partition coefficient (Wildman–Crippen LogP) is 1.72. The number of rotatable bonds is 2. The van der Waals surface area contributed by atoms with E-state index in [1.165, 1.54) is 0 Å². The van der Waals surface area contributed by atoms with Gasteiger partial charge >= 0.3 is 6.09 Å². The van der Waals surface area contributed by atoms with Crippen molar-refractivity contribution in [2.24, 2.45) is 0 Å². The maximum Gasteiger partial charge on any atom is 0.410 e. The highest BCUT2D eigenvalue weighted by Gasteiger charge is 2.31. The number of hydrogen-bond donors (Lipinski definition) is 0. The smallest absolute Gasteiger partial charge is 0.410 e. The first-order valence-electron chi connectivity index (χ1n) is 8.21. The minimum absolute atomic E-state index is 0.108. The third-order valence-electron chi connectivity index (χ3n) is 4.01. The van der Waals surface area contributed by atoms with Gasteiger partial charge in [0.1, 0.15) is 5.60 Å². The first-order valence-corrected chi connectivity index (χ1v) is 8.94. The lowest BCUT2D eigenvalue weighted by atomic mass is 10.2. The zero-order valence-corrected chi connectivity index (χ0v) is 15.1. The fourth-order valence-electron chi connectivity index (χ4n) is 2.85. The van der Waals surface area contributed by atoms with Crippen molar-refractivity contribution in [2.75, 3.05) is 42.5 Å². The molecule has 2 aliphatic rings. The molecule has 0 N–H and O–H groups in total. The molecule has 24 heavy (non-hydrogen) atoms. The zero-order chi connectivity index (χ0) is 17.3. The van der Waals surface area contributed by atoms with Crippen molar-refractivity contribution < 1.29 is 14.3 Å². The summed E-state index contributed by atoms with van der Waals surface area (Å²) in [5.41, 5.74) is -0.490. The van der Waals surface area contributed by atoms with E-state index in [0.717, 1.165) is 24.0 Å². The third kappa shape index (κ3) is 3.61. The molecule has 2 amide bonds. The van der Waals surface area contributed by atoms with Crippen LogP contribution in [0.2, 0.25) is 0 Å². The van der Waals surface area contributed by atoms with E-state index in [0.29, 0.717) is 45.0 Å². The second kappa shape index (κ2) is 6.54. The second-order valence-corrected chi connectivity index (χ2v) is 7.54. The first-order chi connectivity index (χ1) is 11.3. The van der Waals surface area contributed by atoms with Crippen molar-refractivity contribution in [1.82, 2.24) is 13.6 Å². The Bertz CT molecular complexity index is 619. The summed E-state index contributed by atoms with van der Waals surface area (Å²) in [5, 5.41) is 0. The number of amides is 2. The highest BCUT2D eigenvalue weighted by Crippen LogP contribution is 2.31. The molecule has 8 nitrogen and oxygen atoms in total. The topological polar surface area (TPSA) is 78.9 Å². The average Bonchev–Trinajstić information content (AvgIpc) is 3.14. The second-order valence-electron chi connectivity index (χ2n) is 7.01. The van der Waals surface area contributed by atoms with Gasteiger partial charge in [-0.15, -0.1) is 0 Å². The van der Waals surface area contributed by atoms with Gasteiger partial charge in [0.25, 0.3) is 0 Å². The molecule has 0 bridgehead atoms. The summed E-state index contributed by atoms with van der Waals surface area (Å²) in [7, 11) is 0. The van der Waals surface area contributed by atoms with Gasteiger partial charge in [0.2, 0.25) is 5.91 Å². The summed E-state index contributed by atoms with van der Waals surface area (Å²) >= 11 is 1.12. The molecule has 2 saturated heterocycles. The van der Waals surface area contributed by atoms with E-state index in [1.807, 2.05) is 20.8 Å². The Morgan fingerprint density at radius 3 is 2.33 bits per heavy atom. The van der Waals surface area contributed by atoms with E-state index in [4.69, 9.17) is 4.74 Å². The molecule has 0 saturated carbocycles. The van der Waals surface area contributed by atoms with Crippen LogP contribution in [-0.2, 0) is 9.53 Å². The molecule has 1 aromatic rings. The molecule has 2 fully saturated rings. The average molecular weight is 353 g/mol. The summed E-state index contributed by atoms with van der Waals surface area (Å²) in [6.45, 7) is 8.73. The quantitative estimate of drug-likeness (QED) is 0.805. The van der Waals surface area contributed by atoms with Crippen LogP contribution in [0.1, 0.15) is 33.6 Å². The van der Waals surface area contributed by atoms with Crippen LogP contribution < -0.4 is 9.80 Å². The molecule has 0 aromatic carbocycles. The minimum atomic E-state index is -0.490. The van der Waals surface area contributed by atoms with E-state index in [9.17, 15) is 9.59 Å². The predicted molar refractivity (Wildman–Crippen MR) is 91.5 cm³/mol. The monoisotopic (exact) mass is 353 g/mol. The van der Waals surface area contributed by atoms with Crippen LogP contribution in [0.4, 0.5) is 16.4 Å². The summed E-state index contributed by atoms with van der Waals surface area (Å²) in [5.74, 6) is 1.52. The van der Waals surface area contributed by atoms with Crippen molar-refractivity contribution in [3.05, 3.63) is 0 Å². The minimum Gasteiger partial charge on any atom is -0.444 e. The summed E-state index contributed by atoms with van der Waals surface area (Å²) in [6, 6.07) is 0. The molecule has 132 valence electrons. The number of hydrogen-bond acceptors (Lipinski definition) is 7. The number of ether oxygens (including phenoxy) is 1. The largest absolute Gasteiger partial charge is 0.444 e. The van der Waals surface area contributed by atoms with Gasteiger partial charge in [-0.2, -0.15) is 8.75 Å². The van der Waals surface area contributed by atoms with E-state index in [1.54, 1.807) is 9.80 Å². The highest BCUT2D eigenvalue weighted by molar-refractivity contribution is 6.99. The van der Waals surface area contributed by atoms with Gasteiger partial charge in [-0.05, 0) is 27.2 Å². The molecule has 1 aromatic heterocycles. The Hall–Kier alpha value is -1.90. The van der Waals surface area contributed by atoms with Gasteiger partial charge in [-0.1, -0.05) is 0 Å². The Balaban J connectivity index is 1.63. The van der Waals surface area contributed by atoms with Gasteiger partial charge in [0.05, 0.1) is 11.7 Å². The Labute approximate surface area is 145 Å². The van der Waals surface area contributed by atoms with Crippen LogP contribution in [0.25, 0.3) is 0 Å². The first kappa shape index (κ1) is 16.9. The molecule has 0 spiro atoms. The molecule has 0 unspecified atom stereocenters. The summed E-state index contributed by atoms with van der Waals surface area (Å²) in [4.78, 5) is 29.6. The Morgan fingerprint density at radius 1 is 1.08 bits per heavy atom. The number of piperazine rings is 1. The van der Waals surface area contributed by atoms with Crippen LogP contribution in [-0.4, -0.2) is 64.0 Å². The molecule has 9 heteroatoms. The number of nitrogens with zero attached hydrogens (tertiary/aromatic N) is 5. The van der Waals surface area contributed by atoms with Gasteiger partial charge in [-0.25, -0.2) is 4.79 Å². The van der Waals surface area contributed by atoms with Crippen molar-refractivity contribution in [1.29, 1.82) is 0 Å². The molecular formula is C15H23N5O3S. The lowest BCUT2D eigenvalue weighted by Crippen LogP contribution is -2.50. The number of aromatic nitrogens is 2. The number of anilines is 2. The van der Waals surface area contributed by atoms with Gasteiger partial charge in [-0.3, -0.25) is 9.69 Å². The zero-order valence-electron chi connectivity index (χ0n) is 14.3. The molecule has 0 atom stereocenters. The van der Waals surface area contributed by atoms with Crippen LogP contribution >= 0.6 is 11.7 Å². The van der Waals surface area contributed by atoms with Crippen molar-refractivity contribution >= 4 is 35.4 Å². The van der Waals surface area contributed by atoms with Gasteiger partial charge < -0.3 is 14.5 Å². The maximum atomic E-state index is 12.1. The Kier molecular flexibility index (Phi) is 4.62. The fraction of sp³-hybridized carbons (Fsp3) is 0.733. The maximum absolute atomic E-state index is 12.1. The fourth-order valence-corrected chi connectivity index (χ4v) is 3.42. The highest BCUT2D eigenvalue weighted by atomic mass is 32.1. The van der Waals surface area contributed by atoms with Crippen LogP contribution in [0.3, 0.4) is 0 Å². The lowest BCUT2D eigenvalue weighted by Gasteiger charge is -2.36. The van der Waals surface area contributed by atoms with Gasteiger partial charge in [0.15, 0.2) is 11.6 Å². The molecule has 3 heterocycles. The van der Waals surface area contributed by atoms with E-state index in [-0.39, 0.29) is 12.0 Å². The van der Waals surface area contributed by atoms with E-state index in [2.05, 4.69) is 13.6 Å². The van der Waals surface area contributed by atoms with Crippen LogP contribution in [0, 0.1) is 0 Å². The van der Waals surface area contributed by atoms with E-state index >= 15 is 0 Å². The summed E-state index contributed by atoms with van der Waals surface area (Å²) in [6.07, 6.45) is 1.15. The van der Waals surface area contributed by atoms with Crippen molar-refractivity contribution in [3.63, 3.8) is 0 Å². The lowest BCUT2D eigenvalue weighted by molar-refractivity contribution is -0.117. The van der Waals surface area contributed by atoms with Crippen molar-refractivity contribution in [2.45, 2.75) is 39.2 Å². The molecule has 2 aliphatic heterocycles. The van der Waals surface area contributed by atoms with Crippen LogP contribution in [0.5, 0.6) is 0 Å². The molecule has 0 radical (unpaired) electrons. The Morgan fingerprint density at radius 2 is 1.75 bits per heavy atom. The molecule has 0 aliphatic carbocycles. The SMILES string of the molecule is CC(C)(C)OC(=O)N1CCN(c2nsnc2N2CCCC2=O)CC1. The van der Waals surface area contributed by atoms with Gasteiger partial charge in [0, 0.05) is 39.1 Å². The third-order valence-corrected chi connectivity index (χ3v) is 4.52. The normalized spacial score (nSPS) is 19.1. The molecular weight excluding hydrogens is 330 g/mol. The summed E-state index contributed by atoms with van der Waals surface area (Å²) < 4.78 is 14.1. The van der Waals surface area contributed by atoms with E-state index < -0.39 is 5.60 Å². The van der Waals surface area contributed by atoms with Crippen molar-refractivity contribution in [3.8, 4) is 0 Å². The standard InChI is InChI=1S/C15H23N5O3S/c1-15(2,3)23-14(22)19-9-7-18(8-10-19)12-13(17-24-16-12)20-6-4-5-11(20)21/h4-10H2,1-3H3. The number of carbonyl (C=O) groups is 2. The molecule has 3 rings (SSSR count). The van der Waals surface area contributed by atoms with Crippen LogP contribution in [0.15, 0.2) is 0 Å². The number of carbonyl (C=O) groups excluding carboxylic acids is 2.